The van der Waals surface area contributed by atoms with Crippen molar-refractivity contribution >= 4 is 41.7 Å². The summed E-state index contributed by atoms with van der Waals surface area (Å²) >= 11 is 0. The molecule has 3 aliphatic rings. The van der Waals surface area contributed by atoms with Crippen LogP contribution in [-0.2, 0) is 14.3 Å². The van der Waals surface area contributed by atoms with Crippen LogP contribution in [0.25, 0.3) is 11.6 Å². The first kappa shape index (κ1) is 30.0. The summed E-state index contributed by atoms with van der Waals surface area (Å²) in [4.78, 5) is 33.1. The number of ether oxygens (including phenoxy) is 1. The number of anilines is 1. The van der Waals surface area contributed by atoms with E-state index in [0.717, 1.165) is 44.0 Å². The Kier molecular flexibility index (Phi) is 8.26. The Bertz CT molecular complexity index is 1650. The maximum atomic E-state index is 13.8. The van der Waals surface area contributed by atoms with Gasteiger partial charge in [-0.1, -0.05) is 18.2 Å². The van der Waals surface area contributed by atoms with E-state index in [-0.39, 0.29) is 54.7 Å². The number of amides is 2. The molecular formula is C34H35BN2O7. The van der Waals surface area contributed by atoms with Gasteiger partial charge in [0.15, 0.2) is 0 Å². The van der Waals surface area contributed by atoms with Gasteiger partial charge in [-0.2, -0.15) is 0 Å². The summed E-state index contributed by atoms with van der Waals surface area (Å²) in [5, 5.41) is 39.9. The third kappa shape index (κ3) is 5.39. The van der Waals surface area contributed by atoms with Crippen molar-refractivity contribution in [1.82, 2.24) is 4.98 Å². The molecule has 3 heterocycles. The highest BCUT2D eigenvalue weighted by molar-refractivity contribution is 6.58. The monoisotopic (exact) mass is 594 g/mol. The first-order valence-electron chi connectivity index (χ1n) is 14.9. The number of aliphatic hydroxyl groups is 1. The molecule has 1 aliphatic carbocycles. The molecule has 2 saturated heterocycles. The van der Waals surface area contributed by atoms with Crippen molar-refractivity contribution in [3.63, 3.8) is 0 Å². The van der Waals surface area contributed by atoms with E-state index in [1.165, 1.54) is 12.1 Å². The highest BCUT2D eigenvalue weighted by atomic mass is 16.5. The molecule has 1 aromatic heterocycles. The SMILES string of the molecule is Cc1cc(/C=C(/CC[C@H]2OC[C@H]3C2=C(CO)C[C@H]2C(=O)N(c4cccc(B(O)O)c4)C(=O)[C@H]23)c2ccccn2)cc(C)c1O. The molecule has 2 amide bonds. The predicted octanol–water partition coefficient (Wildman–Crippen LogP) is 2.92. The first-order valence-corrected chi connectivity index (χ1v) is 14.9. The van der Waals surface area contributed by atoms with Crippen molar-refractivity contribution < 1.29 is 34.6 Å². The van der Waals surface area contributed by atoms with Crippen LogP contribution in [-0.4, -0.2) is 63.5 Å². The summed E-state index contributed by atoms with van der Waals surface area (Å²) < 4.78 is 6.31. The standard InChI is InChI=1S/C34H35BN2O7/c1-19-12-21(13-20(2)32(19)39)14-22(28-8-3-4-11-36-28)9-10-29-30-23(17-38)15-26-31(27(30)18-44-29)34(41)37(33(26)40)25-7-5-6-24(16-25)35(42)43/h3-8,11-14,16,26-27,29,31,38-39,42-43H,9-10,15,17-18H2,1-2H3/b22-14-/t26-,27+,29-,31-/m1/s1. The average Bonchev–Trinajstić information content (AvgIpc) is 3.55. The molecule has 0 unspecified atom stereocenters. The van der Waals surface area contributed by atoms with Gasteiger partial charge in [-0.3, -0.25) is 19.5 Å². The van der Waals surface area contributed by atoms with Crippen LogP contribution in [0.15, 0.2) is 71.9 Å². The van der Waals surface area contributed by atoms with Gasteiger partial charge in [-0.05, 0) is 114 Å². The van der Waals surface area contributed by atoms with Gasteiger partial charge in [0.1, 0.15) is 5.75 Å². The zero-order valence-electron chi connectivity index (χ0n) is 24.7. The lowest BCUT2D eigenvalue weighted by atomic mass is 9.69. The molecular weight excluding hydrogens is 559 g/mol. The summed E-state index contributed by atoms with van der Waals surface area (Å²) in [6.07, 6.45) is 4.96. The Balaban J connectivity index is 1.27. The van der Waals surface area contributed by atoms with Crippen LogP contribution in [0.5, 0.6) is 5.75 Å². The number of carbonyl (C=O) groups excluding carboxylic acids is 2. The third-order valence-corrected chi connectivity index (χ3v) is 9.15. The van der Waals surface area contributed by atoms with E-state index in [9.17, 15) is 29.9 Å². The summed E-state index contributed by atoms with van der Waals surface area (Å²) in [7, 11) is -1.73. The number of benzene rings is 2. The highest BCUT2D eigenvalue weighted by Crippen LogP contribution is 2.50. The Morgan fingerprint density at radius 1 is 1.05 bits per heavy atom. The first-order chi connectivity index (χ1) is 21.2. The number of carbonyl (C=O) groups is 2. The number of pyridine rings is 1. The van der Waals surface area contributed by atoms with Gasteiger partial charge in [-0.25, -0.2) is 0 Å². The maximum Gasteiger partial charge on any atom is 0.488 e. The molecule has 0 spiro atoms. The van der Waals surface area contributed by atoms with Gasteiger partial charge in [0.2, 0.25) is 11.8 Å². The molecule has 226 valence electrons. The van der Waals surface area contributed by atoms with Crippen LogP contribution in [0.2, 0.25) is 0 Å². The van der Waals surface area contributed by atoms with Crippen LogP contribution in [0, 0.1) is 31.6 Å². The van der Waals surface area contributed by atoms with Crippen molar-refractivity contribution in [3.8, 4) is 5.75 Å². The number of imide groups is 1. The number of aromatic hydroxyl groups is 1. The summed E-state index contributed by atoms with van der Waals surface area (Å²) in [6, 6.07) is 15.8. The number of phenols is 1. The Morgan fingerprint density at radius 2 is 1.82 bits per heavy atom. The van der Waals surface area contributed by atoms with E-state index in [1.54, 1.807) is 18.3 Å². The van der Waals surface area contributed by atoms with Gasteiger partial charge in [0, 0.05) is 12.1 Å². The molecule has 6 rings (SSSR count). The van der Waals surface area contributed by atoms with E-state index in [2.05, 4.69) is 11.1 Å². The summed E-state index contributed by atoms with van der Waals surface area (Å²) in [6.45, 7) is 3.78. The molecule has 44 heavy (non-hydrogen) atoms. The van der Waals surface area contributed by atoms with Crippen molar-refractivity contribution in [3.05, 3.63) is 94.3 Å². The van der Waals surface area contributed by atoms with Gasteiger partial charge in [-0.15, -0.1) is 0 Å². The molecule has 3 aromatic rings. The average molecular weight is 594 g/mol. The topological polar surface area (TPSA) is 140 Å². The largest absolute Gasteiger partial charge is 0.507 e. The van der Waals surface area contributed by atoms with E-state index in [4.69, 9.17) is 4.74 Å². The number of hydrogen-bond donors (Lipinski definition) is 4. The zero-order chi connectivity index (χ0) is 31.1. The van der Waals surface area contributed by atoms with Crippen LogP contribution in [0.1, 0.15) is 41.6 Å². The lowest BCUT2D eigenvalue weighted by molar-refractivity contribution is -0.122. The molecule has 2 fully saturated rings. The lowest BCUT2D eigenvalue weighted by Crippen LogP contribution is -2.35. The van der Waals surface area contributed by atoms with Crippen LogP contribution < -0.4 is 10.4 Å². The zero-order valence-corrected chi connectivity index (χ0v) is 24.7. The number of rotatable bonds is 8. The molecule has 10 heteroatoms. The van der Waals surface area contributed by atoms with E-state index < -0.39 is 19.0 Å². The van der Waals surface area contributed by atoms with Crippen molar-refractivity contribution in [1.29, 1.82) is 0 Å². The second-order valence-corrected chi connectivity index (χ2v) is 11.9. The third-order valence-electron chi connectivity index (χ3n) is 9.15. The minimum atomic E-state index is -1.73. The van der Waals surface area contributed by atoms with Gasteiger partial charge >= 0.3 is 7.12 Å². The molecule has 0 bridgehead atoms. The van der Waals surface area contributed by atoms with Crippen LogP contribution in [0.3, 0.4) is 0 Å². The smallest absolute Gasteiger partial charge is 0.488 e. The van der Waals surface area contributed by atoms with E-state index >= 15 is 0 Å². The number of fused-ring (bicyclic) bond motifs is 3. The Hall–Kier alpha value is -4.09. The normalized spacial score (nSPS) is 23.3. The summed E-state index contributed by atoms with van der Waals surface area (Å²) in [5.74, 6) is -1.97. The molecule has 2 aliphatic heterocycles. The number of hydrogen-bond acceptors (Lipinski definition) is 8. The predicted molar refractivity (Wildman–Crippen MR) is 167 cm³/mol. The minimum absolute atomic E-state index is 0.187. The van der Waals surface area contributed by atoms with Crippen molar-refractivity contribution in [2.75, 3.05) is 18.1 Å². The fourth-order valence-electron chi connectivity index (χ4n) is 7.09. The Morgan fingerprint density at radius 3 is 2.50 bits per heavy atom. The summed E-state index contributed by atoms with van der Waals surface area (Å²) in [5.41, 5.74) is 6.49. The molecule has 0 saturated carbocycles. The number of aliphatic hydroxyl groups excluding tert-OH is 1. The second kappa shape index (κ2) is 12.1. The lowest BCUT2D eigenvalue weighted by Gasteiger charge is -2.31. The molecule has 4 N–H and O–H groups in total. The molecule has 4 atom stereocenters. The molecule has 9 nitrogen and oxygen atoms in total. The maximum absolute atomic E-state index is 13.8. The van der Waals surface area contributed by atoms with Crippen LogP contribution >= 0.6 is 0 Å². The fourth-order valence-corrected chi connectivity index (χ4v) is 7.09. The molecule has 2 aromatic carbocycles. The Labute approximate surface area is 256 Å². The van der Waals surface area contributed by atoms with Gasteiger partial charge < -0.3 is 25.0 Å². The fraction of sp³-hybridized carbons (Fsp3) is 0.324. The number of aryl methyl sites for hydroxylation is 2. The van der Waals surface area contributed by atoms with E-state index in [1.807, 2.05) is 44.2 Å². The number of nitrogens with zero attached hydrogens (tertiary/aromatic N) is 2. The second-order valence-electron chi connectivity index (χ2n) is 11.9. The van der Waals surface area contributed by atoms with Gasteiger partial charge in [0.05, 0.1) is 42.5 Å². The number of allylic oxidation sites excluding steroid dienone is 1. The van der Waals surface area contributed by atoms with Crippen molar-refractivity contribution in [2.45, 2.75) is 39.2 Å². The number of aromatic nitrogens is 1. The number of phenolic OH excluding ortho intramolecular Hbond substituents is 1. The molecule has 0 radical (unpaired) electrons. The van der Waals surface area contributed by atoms with Gasteiger partial charge in [0.25, 0.3) is 0 Å². The minimum Gasteiger partial charge on any atom is -0.507 e. The van der Waals surface area contributed by atoms with Crippen LogP contribution in [0.4, 0.5) is 5.69 Å². The highest BCUT2D eigenvalue weighted by Gasteiger charge is 2.57. The quantitative estimate of drug-likeness (QED) is 0.177. The van der Waals surface area contributed by atoms with Crippen molar-refractivity contribution in [2.24, 2.45) is 17.8 Å². The van der Waals surface area contributed by atoms with E-state index in [0.29, 0.717) is 18.5 Å².